The van der Waals surface area contributed by atoms with Crippen LogP contribution in [0.15, 0.2) is 12.1 Å². The predicted octanol–water partition coefficient (Wildman–Crippen LogP) is 1.53. The maximum absolute atomic E-state index is 5.95. The Balaban J connectivity index is 3.07. The molecule has 0 radical (unpaired) electrons. The van der Waals surface area contributed by atoms with Crippen molar-refractivity contribution in [2.24, 2.45) is 5.73 Å². The van der Waals surface area contributed by atoms with Crippen LogP contribution in [-0.2, 0) is 4.74 Å². The summed E-state index contributed by atoms with van der Waals surface area (Å²) < 4.78 is 5.01. The van der Waals surface area contributed by atoms with Crippen molar-refractivity contribution in [3.63, 3.8) is 0 Å². The minimum Gasteiger partial charge on any atom is -0.398 e. The number of benzene rings is 1. The average molecular weight is 194 g/mol. The Morgan fingerprint density at radius 2 is 2.00 bits per heavy atom. The molecule has 0 heterocycles. The molecule has 14 heavy (non-hydrogen) atoms. The minimum absolute atomic E-state index is 0.140. The molecule has 0 aliphatic rings. The van der Waals surface area contributed by atoms with Crippen LogP contribution < -0.4 is 11.5 Å². The van der Waals surface area contributed by atoms with E-state index in [4.69, 9.17) is 16.2 Å². The molecule has 4 N–H and O–H groups in total. The van der Waals surface area contributed by atoms with Crippen molar-refractivity contribution in [3.05, 3.63) is 28.8 Å². The molecule has 0 aromatic heterocycles. The Labute approximate surface area is 85.0 Å². The lowest BCUT2D eigenvalue weighted by Crippen LogP contribution is -2.18. The van der Waals surface area contributed by atoms with Crippen molar-refractivity contribution < 1.29 is 4.74 Å². The van der Waals surface area contributed by atoms with Gasteiger partial charge in [-0.15, -0.1) is 0 Å². The van der Waals surface area contributed by atoms with Crippen LogP contribution in [0.1, 0.15) is 22.7 Å². The van der Waals surface area contributed by atoms with E-state index in [1.807, 2.05) is 19.9 Å². The summed E-state index contributed by atoms with van der Waals surface area (Å²) in [5, 5.41) is 0. The Morgan fingerprint density at radius 3 is 2.57 bits per heavy atom. The van der Waals surface area contributed by atoms with Crippen molar-refractivity contribution in [2.45, 2.75) is 19.9 Å². The van der Waals surface area contributed by atoms with Crippen molar-refractivity contribution in [1.29, 1.82) is 0 Å². The van der Waals surface area contributed by atoms with Crippen LogP contribution >= 0.6 is 0 Å². The first-order valence-electron chi connectivity index (χ1n) is 4.67. The molecule has 0 saturated heterocycles. The van der Waals surface area contributed by atoms with Gasteiger partial charge in [0.05, 0.1) is 12.6 Å². The predicted molar refractivity (Wildman–Crippen MR) is 59.1 cm³/mol. The summed E-state index contributed by atoms with van der Waals surface area (Å²) in [7, 11) is 1.64. The van der Waals surface area contributed by atoms with Crippen LogP contribution in [0, 0.1) is 13.8 Å². The number of anilines is 1. The second-order valence-electron chi connectivity index (χ2n) is 3.65. The zero-order chi connectivity index (χ0) is 10.7. The van der Waals surface area contributed by atoms with Gasteiger partial charge in [0.1, 0.15) is 0 Å². The Bertz CT molecular complexity index is 323. The molecular weight excluding hydrogens is 176 g/mol. The second-order valence-corrected chi connectivity index (χ2v) is 3.65. The van der Waals surface area contributed by atoms with Gasteiger partial charge in [0.2, 0.25) is 0 Å². The minimum atomic E-state index is -0.140. The first-order chi connectivity index (χ1) is 6.56. The summed E-state index contributed by atoms with van der Waals surface area (Å²) in [4.78, 5) is 0. The fourth-order valence-electron chi connectivity index (χ4n) is 1.59. The highest BCUT2D eigenvalue weighted by molar-refractivity contribution is 5.56. The molecular formula is C11H18N2O. The first kappa shape index (κ1) is 11.0. The number of aryl methyl sites for hydroxylation is 2. The van der Waals surface area contributed by atoms with E-state index >= 15 is 0 Å². The van der Waals surface area contributed by atoms with E-state index < -0.39 is 0 Å². The van der Waals surface area contributed by atoms with Gasteiger partial charge in [-0.1, -0.05) is 17.7 Å². The summed E-state index contributed by atoms with van der Waals surface area (Å²) >= 11 is 0. The van der Waals surface area contributed by atoms with E-state index in [1.165, 1.54) is 5.56 Å². The van der Waals surface area contributed by atoms with Crippen molar-refractivity contribution in [1.82, 2.24) is 0 Å². The largest absolute Gasteiger partial charge is 0.398 e. The van der Waals surface area contributed by atoms with Crippen molar-refractivity contribution >= 4 is 5.69 Å². The highest BCUT2D eigenvalue weighted by atomic mass is 16.5. The third-order valence-electron chi connectivity index (χ3n) is 2.31. The molecule has 3 nitrogen and oxygen atoms in total. The molecule has 0 aliphatic heterocycles. The third-order valence-corrected chi connectivity index (χ3v) is 2.31. The first-order valence-corrected chi connectivity index (χ1v) is 4.67. The molecule has 0 unspecified atom stereocenters. The summed E-state index contributed by atoms with van der Waals surface area (Å²) in [6.45, 7) is 4.52. The molecule has 0 bridgehead atoms. The molecule has 3 heteroatoms. The zero-order valence-electron chi connectivity index (χ0n) is 9.00. The van der Waals surface area contributed by atoms with Gasteiger partial charge in [-0.05, 0) is 25.0 Å². The molecule has 0 saturated carbocycles. The Morgan fingerprint density at radius 1 is 1.36 bits per heavy atom. The number of hydrogen-bond acceptors (Lipinski definition) is 3. The van der Waals surface area contributed by atoms with E-state index in [-0.39, 0.29) is 6.04 Å². The summed E-state index contributed by atoms with van der Waals surface area (Å²) in [6, 6.07) is 3.93. The van der Waals surface area contributed by atoms with Crippen LogP contribution in [0.4, 0.5) is 5.69 Å². The number of ether oxygens (including phenoxy) is 1. The Hall–Kier alpha value is -1.06. The highest BCUT2D eigenvalue weighted by Gasteiger charge is 2.11. The summed E-state index contributed by atoms with van der Waals surface area (Å²) in [5.41, 5.74) is 15.9. The Kier molecular flexibility index (Phi) is 3.49. The molecule has 1 rings (SSSR count). The average Bonchev–Trinajstić information content (AvgIpc) is 2.11. The number of nitrogens with two attached hydrogens (primary N) is 2. The van der Waals surface area contributed by atoms with Crippen molar-refractivity contribution in [3.8, 4) is 0 Å². The maximum atomic E-state index is 5.95. The van der Waals surface area contributed by atoms with E-state index in [0.29, 0.717) is 6.61 Å². The highest BCUT2D eigenvalue weighted by Crippen LogP contribution is 2.24. The monoisotopic (exact) mass is 194 g/mol. The van der Waals surface area contributed by atoms with Gasteiger partial charge in [-0.25, -0.2) is 0 Å². The van der Waals surface area contributed by atoms with E-state index in [9.17, 15) is 0 Å². The van der Waals surface area contributed by atoms with Gasteiger partial charge >= 0.3 is 0 Å². The van der Waals surface area contributed by atoms with Gasteiger partial charge in [-0.3, -0.25) is 0 Å². The lowest BCUT2D eigenvalue weighted by atomic mass is 9.99. The number of hydrogen-bond donors (Lipinski definition) is 2. The standard InChI is InChI=1S/C11H18N2O/c1-7-4-8(2)11(13)9(5-7)10(12)6-14-3/h4-5,10H,6,12-13H2,1-3H3/t10-/m0/s1. The van der Waals surface area contributed by atoms with Crippen LogP contribution in [0.25, 0.3) is 0 Å². The third kappa shape index (κ3) is 2.25. The van der Waals surface area contributed by atoms with Crippen LogP contribution in [0.2, 0.25) is 0 Å². The number of rotatable bonds is 3. The molecule has 78 valence electrons. The normalized spacial score (nSPS) is 12.9. The van der Waals surface area contributed by atoms with Gasteiger partial charge in [-0.2, -0.15) is 0 Å². The van der Waals surface area contributed by atoms with E-state index in [1.54, 1.807) is 7.11 Å². The lowest BCUT2D eigenvalue weighted by Gasteiger charge is -2.16. The molecule has 0 amide bonds. The fourth-order valence-corrected chi connectivity index (χ4v) is 1.59. The van der Waals surface area contributed by atoms with Crippen LogP contribution in [-0.4, -0.2) is 13.7 Å². The molecule has 1 aromatic rings. The van der Waals surface area contributed by atoms with Gasteiger partial charge in [0.25, 0.3) is 0 Å². The quantitative estimate of drug-likeness (QED) is 0.717. The molecule has 0 aliphatic carbocycles. The van der Waals surface area contributed by atoms with E-state index in [0.717, 1.165) is 16.8 Å². The zero-order valence-corrected chi connectivity index (χ0v) is 9.00. The van der Waals surface area contributed by atoms with Gasteiger partial charge in [0, 0.05) is 12.8 Å². The SMILES string of the molecule is COC[C@H](N)c1cc(C)cc(C)c1N. The number of nitrogen functional groups attached to an aromatic ring is 1. The maximum Gasteiger partial charge on any atom is 0.0656 e. The van der Waals surface area contributed by atoms with Crippen LogP contribution in [0.5, 0.6) is 0 Å². The van der Waals surface area contributed by atoms with E-state index in [2.05, 4.69) is 6.07 Å². The van der Waals surface area contributed by atoms with Crippen LogP contribution in [0.3, 0.4) is 0 Å². The van der Waals surface area contributed by atoms with Crippen molar-refractivity contribution in [2.75, 3.05) is 19.5 Å². The second kappa shape index (κ2) is 4.44. The van der Waals surface area contributed by atoms with Gasteiger partial charge < -0.3 is 16.2 Å². The topological polar surface area (TPSA) is 61.3 Å². The molecule has 1 atom stereocenters. The summed E-state index contributed by atoms with van der Waals surface area (Å²) in [5.74, 6) is 0. The molecule has 0 fully saturated rings. The smallest absolute Gasteiger partial charge is 0.0656 e. The summed E-state index contributed by atoms with van der Waals surface area (Å²) in [6.07, 6.45) is 0. The molecule has 1 aromatic carbocycles. The fraction of sp³-hybridized carbons (Fsp3) is 0.455. The number of methoxy groups -OCH3 is 1. The lowest BCUT2D eigenvalue weighted by molar-refractivity contribution is 0.181. The molecule has 0 spiro atoms. The van der Waals surface area contributed by atoms with Gasteiger partial charge in [0.15, 0.2) is 0 Å².